The summed E-state index contributed by atoms with van der Waals surface area (Å²) in [4.78, 5) is 27.1. The van der Waals surface area contributed by atoms with Crippen LogP contribution in [-0.2, 0) is 4.79 Å². The quantitative estimate of drug-likeness (QED) is 0.321. The second kappa shape index (κ2) is 8.68. The van der Waals surface area contributed by atoms with E-state index >= 15 is 0 Å². The van der Waals surface area contributed by atoms with Gasteiger partial charge in [0.15, 0.2) is 11.5 Å². The predicted octanol–water partition coefficient (Wildman–Crippen LogP) is 4.60. The summed E-state index contributed by atoms with van der Waals surface area (Å²) in [5.41, 5.74) is 2.36. The van der Waals surface area contributed by atoms with Crippen LogP contribution in [-0.4, -0.2) is 28.6 Å². The minimum absolute atomic E-state index is 0.130. The second-order valence-corrected chi connectivity index (χ2v) is 6.82. The number of para-hydroxylation sites is 1. The van der Waals surface area contributed by atoms with Crippen molar-refractivity contribution in [1.82, 2.24) is 4.98 Å². The third kappa shape index (κ3) is 4.17. The van der Waals surface area contributed by atoms with Gasteiger partial charge in [-0.25, -0.2) is 4.98 Å². The molecule has 4 rings (SSSR count). The van der Waals surface area contributed by atoms with E-state index < -0.39 is 4.92 Å². The Labute approximate surface area is 183 Å². The molecular weight excluding hydrogens is 412 g/mol. The van der Waals surface area contributed by atoms with Crippen LogP contribution in [0.15, 0.2) is 77.5 Å². The van der Waals surface area contributed by atoms with Crippen molar-refractivity contribution in [2.24, 2.45) is 5.10 Å². The molecule has 0 N–H and O–H groups in total. The van der Waals surface area contributed by atoms with Gasteiger partial charge in [-0.1, -0.05) is 24.3 Å². The maximum atomic E-state index is 12.9. The third-order valence-electron chi connectivity index (χ3n) is 4.71. The Morgan fingerprint density at radius 2 is 1.84 bits per heavy atom. The van der Waals surface area contributed by atoms with Crippen LogP contribution in [0.25, 0.3) is 6.08 Å². The Kier molecular flexibility index (Phi) is 5.63. The molecule has 1 aliphatic rings. The van der Waals surface area contributed by atoms with Gasteiger partial charge in [-0.05, 0) is 42.8 Å². The fourth-order valence-corrected chi connectivity index (χ4v) is 3.11. The molecule has 2 heterocycles. The molecule has 0 bridgehead atoms. The molecule has 1 aliphatic heterocycles. The third-order valence-corrected chi connectivity index (χ3v) is 4.71. The van der Waals surface area contributed by atoms with Crippen molar-refractivity contribution in [1.29, 1.82) is 0 Å². The van der Waals surface area contributed by atoms with Gasteiger partial charge in [0, 0.05) is 12.1 Å². The Morgan fingerprint density at radius 1 is 1.06 bits per heavy atom. The lowest BCUT2D eigenvalue weighted by Crippen LogP contribution is -2.21. The molecule has 3 aromatic rings. The number of hydrogen-bond donors (Lipinski definition) is 0. The van der Waals surface area contributed by atoms with Crippen LogP contribution in [0.5, 0.6) is 17.4 Å². The van der Waals surface area contributed by atoms with Crippen molar-refractivity contribution >= 4 is 29.1 Å². The van der Waals surface area contributed by atoms with Gasteiger partial charge in [0.25, 0.3) is 11.6 Å². The molecule has 9 heteroatoms. The first-order valence-electron chi connectivity index (χ1n) is 9.59. The first kappa shape index (κ1) is 20.7. The summed E-state index contributed by atoms with van der Waals surface area (Å²) in [6.07, 6.45) is 2.85. The molecule has 0 saturated heterocycles. The summed E-state index contributed by atoms with van der Waals surface area (Å²) in [5, 5.41) is 16.5. The number of aromatic nitrogens is 1. The number of benzene rings is 2. The topological polar surface area (TPSA) is 107 Å². The number of hydrazone groups is 1. The zero-order valence-electron chi connectivity index (χ0n) is 17.3. The van der Waals surface area contributed by atoms with Crippen molar-refractivity contribution in [3.63, 3.8) is 0 Å². The Hall–Kier alpha value is -4.53. The van der Waals surface area contributed by atoms with E-state index in [1.807, 2.05) is 30.3 Å². The van der Waals surface area contributed by atoms with E-state index in [0.29, 0.717) is 28.5 Å². The van der Waals surface area contributed by atoms with E-state index in [0.717, 1.165) is 11.8 Å². The number of amides is 1. The van der Waals surface area contributed by atoms with Gasteiger partial charge in [0.2, 0.25) is 5.88 Å². The predicted molar refractivity (Wildman–Crippen MR) is 119 cm³/mol. The van der Waals surface area contributed by atoms with E-state index in [-0.39, 0.29) is 17.5 Å². The molecule has 1 aromatic heterocycles. The van der Waals surface area contributed by atoms with Crippen LogP contribution in [0.2, 0.25) is 0 Å². The van der Waals surface area contributed by atoms with Crippen molar-refractivity contribution in [3.8, 4) is 17.4 Å². The maximum Gasteiger partial charge on any atom is 0.287 e. The highest BCUT2D eigenvalue weighted by Crippen LogP contribution is 2.33. The molecule has 0 unspecified atom stereocenters. The van der Waals surface area contributed by atoms with Gasteiger partial charge >= 0.3 is 0 Å². The van der Waals surface area contributed by atoms with Gasteiger partial charge in [-0.15, -0.1) is 0 Å². The Morgan fingerprint density at radius 3 is 2.50 bits per heavy atom. The second-order valence-electron chi connectivity index (χ2n) is 6.82. The van der Waals surface area contributed by atoms with Crippen LogP contribution in [0.1, 0.15) is 12.5 Å². The highest BCUT2D eigenvalue weighted by Gasteiger charge is 2.28. The van der Waals surface area contributed by atoms with Gasteiger partial charge in [0.1, 0.15) is 6.20 Å². The minimum atomic E-state index is -0.534. The number of carbonyl (C=O) groups is 1. The molecule has 0 saturated carbocycles. The lowest BCUT2D eigenvalue weighted by atomic mass is 10.1. The molecule has 9 nitrogen and oxygen atoms in total. The molecule has 0 aliphatic carbocycles. The van der Waals surface area contributed by atoms with Gasteiger partial charge in [0.05, 0.1) is 29.0 Å². The number of pyridine rings is 1. The highest BCUT2D eigenvalue weighted by atomic mass is 16.6. The van der Waals surface area contributed by atoms with Gasteiger partial charge < -0.3 is 9.47 Å². The lowest BCUT2D eigenvalue weighted by Gasteiger charge is -2.12. The largest absolute Gasteiger partial charge is 0.493 e. The molecular formula is C23H18N4O5. The fourth-order valence-electron chi connectivity index (χ4n) is 3.11. The number of carbonyl (C=O) groups excluding carboxylic acids is 1. The summed E-state index contributed by atoms with van der Waals surface area (Å²) >= 11 is 0. The van der Waals surface area contributed by atoms with Gasteiger partial charge in [-0.3, -0.25) is 14.9 Å². The summed E-state index contributed by atoms with van der Waals surface area (Å²) < 4.78 is 11.1. The highest BCUT2D eigenvalue weighted by molar-refractivity contribution is 6.32. The van der Waals surface area contributed by atoms with Crippen LogP contribution in [0.3, 0.4) is 0 Å². The van der Waals surface area contributed by atoms with E-state index in [1.54, 1.807) is 31.2 Å². The molecule has 160 valence electrons. The lowest BCUT2D eigenvalue weighted by molar-refractivity contribution is -0.385. The summed E-state index contributed by atoms with van der Waals surface area (Å²) in [6, 6.07) is 17.1. The van der Waals surface area contributed by atoms with Crippen molar-refractivity contribution < 1.29 is 19.2 Å². The summed E-state index contributed by atoms with van der Waals surface area (Å²) in [5.74, 6) is 0.764. The van der Waals surface area contributed by atoms with Crippen LogP contribution >= 0.6 is 0 Å². The molecule has 2 aromatic carbocycles. The van der Waals surface area contributed by atoms with Crippen LogP contribution in [0.4, 0.5) is 11.4 Å². The standard InChI is InChI=1S/C23H18N4O5/c1-15-19(23(28)26(25-15)17-6-4-3-5-7-17)12-16-8-10-20(21(13-16)31-2)32-22-11-9-18(14-24-22)27(29)30/h3-14H,1-2H3/b19-12-. The van der Waals surface area contributed by atoms with E-state index in [4.69, 9.17) is 9.47 Å². The Bertz CT molecular complexity index is 1240. The first-order chi connectivity index (χ1) is 15.5. The van der Waals surface area contributed by atoms with E-state index in [1.165, 1.54) is 24.3 Å². The fraction of sp³-hybridized carbons (Fsp3) is 0.0870. The molecule has 0 fully saturated rings. The SMILES string of the molecule is COc1cc(/C=C2\C(=O)N(c3ccccc3)N=C2C)ccc1Oc1ccc([N+](=O)[O-])cn1. The Balaban J connectivity index is 1.57. The van der Waals surface area contributed by atoms with Crippen molar-refractivity contribution in [3.05, 3.63) is 88.1 Å². The molecule has 0 atom stereocenters. The van der Waals surface area contributed by atoms with Crippen LogP contribution < -0.4 is 14.5 Å². The minimum Gasteiger partial charge on any atom is -0.493 e. The maximum absolute atomic E-state index is 12.9. The van der Waals surface area contributed by atoms with Crippen LogP contribution in [0, 0.1) is 10.1 Å². The number of anilines is 1. The number of nitro groups is 1. The monoisotopic (exact) mass is 430 g/mol. The average Bonchev–Trinajstić information content (AvgIpc) is 3.09. The molecule has 0 radical (unpaired) electrons. The summed E-state index contributed by atoms with van der Waals surface area (Å²) in [7, 11) is 1.49. The number of nitrogens with zero attached hydrogens (tertiary/aromatic N) is 4. The number of hydrogen-bond acceptors (Lipinski definition) is 7. The summed E-state index contributed by atoms with van der Waals surface area (Å²) in [6.45, 7) is 1.78. The number of ether oxygens (including phenoxy) is 2. The van der Waals surface area contributed by atoms with Gasteiger partial charge in [-0.2, -0.15) is 10.1 Å². The molecule has 32 heavy (non-hydrogen) atoms. The number of rotatable bonds is 6. The first-order valence-corrected chi connectivity index (χ1v) is 9.59. The molecule has 1 amide bonds. The molecule has 0 spiro atoms. The zero-order chi connectivity index (χ0) is 22.7. The number of methoxy groups -OCH3 is 1. The average molecular weight is 430 g/mol. The van der Waals surface area contributed by atoms with Crippen molar-refractivity contribution in [2.75, 3.05) is 12.1 Å². The van der Waals surface area contributed by atoms with E-state index in [2.05, 4.69) is 10.1 Å². The van der Waals surface area contributed by atoms with E-state index in [9.17, 15) is 14.9 Å². The normalized spacial score (nSPS) is 14.4. The zero-order valence-corrected chi connectivity index (χ0v) is 17.3. The van der Waals surface area contributed by atoms with Crippen molar-refractivity contribution in [2.45, 2.75) is 6.92 Å². The smallest absolute Gasteiger partial charge is 0.287 e.